The van der Waals surface area contributed by atoms with Gasteiger partial charge in [0.25, 0.3) is 0 Å². The van der Waals surface area contributed by atoms with E-state index in [2.05, 4.69) is 82.7 Å². The third kappa shape index (κ3) is 6.38. The number of halogens is 3. The number of benzene rings is 1. The molecule has 33 heavy (non-hydrogen) atoms. The normalized spacial score (nSPS) is 20.0. The fraction of sp³-hybridized carbons (Fsp3) is 0.522. The Hall–Kier alpha value is -0.970. The molecule has 178 valence electrons. The lowest BCUT2D eigenvalue weighted by atomic mass is 9.91. The van der Waals surface area contributed by atoms with E-state index in [0.717, 1.165) is 69.4 Å². The highest BCUT2D eigenvalue weighted by atomic mass is 79.9. The molecular formula is C23H29Br3N6S. The van der Waals surface area contributed by atoms with Crippen molar-refractivity contribution in [3.8, 4) is 0 Å². The number of aromatic nitrogens is 2. The van der Waals surface area contributed by atoms with E-state index in [4.69, 9.17) is 22.2 Å². The SMILES string of the molecule is CN(C)c1nc(NC2CCC(NC(=S)Nc3c(Br)cc(Br)cc3Br)CC2)nc2c1CCCC2. The first-order valence-electron chi connectivity index (χ1n) is 11.4. The lowest BCUT2D eigenvalue weighted by Crippen LogP contribution is -2.42. The second kappa shape index (κ2) is 11.2. The molecule has 0 aliphatic heterocycles. The largest absolute Gasteiger partial charge is 0.362 e. The van der Waals surface area contributed by atoms with Gasteiger partial charge in [-0.2, -0.15) is 4.98 Å². The van der Waals surface area contributed by atoms with Crippen molar-refractivity contribution < 1.29 is 0 Å². The van der Waals surface area contributed by atoms with Gasteiger partial charge in [-0.15, -0.1) is 0 Å². The van der Waals surface area contributed by atoms with Gasteiger partial charge in [-0.25, -0.2) is 4.98 Å². The first-order chi connectivity index (χ1) is 15.8. The summed E-state index contributed by atoms with van der Waals surface area (Å²) in [5.74, 6) is 1.84. The number of hydrogen-bond donors (Lipinski definition) is 3. The number of fused-ring (bicyclic) bond motifs is 1. The van der Waals surface area contributed by atoms with Gasteiger partial charge >= 0.3 is 0 Å². The van der Waals surface area contributed by atoms with Gasteiger partial charge in [-0.3, -0.25) is 0 Å². The van der Waals surface area contributed by atoms with Gasteiger partial charge in [0.2, 0.25) is 5.95 Å². The second-order valence-corrected chi connectivity index (χ2v) is 12.0. The Morgan fingerprint density at radius 3 is 2.27 bits per heavy atom. The molecule has 4 rings (SSSR count). The van der Waals surface area contributed by atoms with Crippen LogP contribution in [0.3, 0.4) is 0 Å². The van der Waals surface area contributed by atoms with E-state index in [1.165, 1.54) is 24.1 Å². The molecule has 1 fully saturated rings. The van der Waals surface area contributed by atoms with Crippen molar-refractivity contribution in [2.75, 3.05) is 29.6 Å². The quantitative estimate of drug-likeness (QED) is 0.320. The summed E-state index contributed by atoms with van der Waals surface area (Å²) in [5, 5.41) is 11.1. The summed E-state index contributed by atoms with van der Waals surface area (Å²) >= 11 is 16.3. The Morgan fingerprint density at radius 2 is 1.61 bits per heavy atom. The number of anilines is 3. The summed E-state index contributed by atoms with van der Waals surface area (Å²) in [4.78, 5) is 11.9. The van der Waals surface area contributed by atoms with Crippen molar-refractivity contribution in [2.24, 2.45) is 0 Å². The first-order valence-corrected chi connectivity index (χ1v) is 14.1. The van der Waals surface area contributed by atoms with Gasteiger partial charge in [0, 0.05) is 45.2 Å². The number of thiocarbonyl (C=S) groups is 1. The van der Waals surface area contributed by atoms with E-state index in [1.54, 1.807) is 0 Å². The van der Waals surface area contributed by atoms with Gasteiger partial charge in [0.15, 0.2) is 5.11 Å². The highest BCUT2D eigenvalue weighted by Gasteiger charge is 2.24. The molecule has 0 radical (unpaired) electrons. The smallest absolute Gasteiger partial charge is 0.225 e. The maximum Gasteiger partial charge on any atom is 0.225 e. The summed E-state index contributed by atoms with van der Waals surface area (Å²) in [7, 11) is 4.14. The molecule has 2 aliphatic rings. The number of nitrogens with one attached hydrogen (secondary N) is 3. The molecule has 1 heterocycles. The average molecular weight is 661 g/mol. The van der Waals surface area contributed by atoms with Gasteiger partial charge < -0.3 is 20.9 Å². The van der Waals surface area contributed by atoms with E-state index in [0.29, 0.717) is 17.2 Å². The molecule has 0 unspecified atom stereocenters. The molecule has 10 heteroatoms. The van der Waals surface area contributed by atoms with E-state index in [1.807, 2.05) is 12.1 Å². The fourth-order valence-corrected chi connectivity index (χ4v) is 7.30. The zero-order valence-electron chi connectivity index (χ0n) is 18.9. The molecule has 0 saturated heterocycles. The van der Waals surface area contributed by atoms with E-state index >= 15 is 0 Å². The van der Waals surface area contributed by atoms with Crippen LogP contribution < -0.4 is 20.9 Å². The fourth-order valence-electron chi connectivity index (χ4n) is 4.57. The number of rotatable bonds is 5. The third-order valence-corrected chi connectivity index (χ3v) is 8.15. The minimum atomic E-state index is 0.359. The maximum atomic E-state index is 5.58. The van der Waals surface area contributed by atoms with E-state index in [9.17, 15) is 0 Å². The minimum Gasteiger partial charge on any atom is -0.362 e. The second-order valence-electron chi connectivity index (χ2n) is 8.93. The van der Waals surface area contributed by atoms with Crippen molar-refractivity contribution in [3.63, 3.8) is 0 Å². The van der Waals surface area contributed by atoms with Gasteiger partial charge in [-0.05, 0) is 108 Å². The molecule has 1 aromatic carbocycles. The molecular weight excluding hydrogens is 632 g/mol. The van der Waals surface area contributed by atoms with Crippen LogP contribution in [0.1, 0.15) is 49.8 Å². The van der Waals surface area contributed by atoms with Crippen LogP contribution in [0.2, 0.25) is 0 Å². The van der Waals surface area contributed by atoms with Gasteiger partial charge in [0.1, 0.15) is 5.82 Å². The summed E-state index contributed by atoms with van der Waals surface area (Å²) < 4.78 is 2.89. The van der Waals surface area contributed by atoms with Gasteiger partial charge in [-0.1, -0.05) is 15.9 Å². The molecule has 2 aliphatic carbocycles. The van der Waals surface area contributed by atoms with Crippen LogP contribution in [0.4, 0.5) is 17.5 Å². The van der Waals surface area contributed by atoms with Crippen molar-refractivity contribution in [2.45, 2.75) is 63.5 Å². The van der Waals surface area contributed by atoms with E-state index in [-0.39, 0.29) is 0 Å². The topological polar surface area (TPSA) is 65.1 Å². The Bertz CT molecular complexity index is 1000. The first kappa shape index (κ1) is 25.1. The number of aryl methyl sites for hydroxylation is 1. The molecule has 0 amide bonds. The third-order valence-electron chi connectivity index (χ3n) is 6.23. The number of nitrogens with zero attached hydrogens (tertiary/aromatic N) is 3. The highest BCUT2D eigenvalue weighted by Crippen LogP contribution is 2.34. The van der Waals surface area contributed by atoms with Crippen molar-refractivity contribution >= 4 is 82.6 Å². The van der Waals surface area contributed by atoms with Crippen LogP contribution in [0.15, 0.2) is 25.6 Å². The molecule has 0 atom stereocenters. The van der Waals surface area contributed by atoms with Crippen LogP contribution in [0, 0.1) is 0 Å². The summed E-state index contributed by atoms with van der Waals surface area (Å²) in [6, 6.07) is 4.74. The highest BCUT2D eigenvalue weighted by molar-refractivity contribution is 9.11. The molecule has 0 spiro atoms. The predicted octanol–water partition coefficient (Wildman–Crippen LogP) is 6.42. The van der Waals surface area contributed by atoms with Crippen LogP contribution >= 0.6 is 60.0 Å². The summed E-state index contributed by atoms with van der Waals surface area (Å²) in [6.07, 6.45) is 8.80. The molecule has 1 aromatic heterocycles. The monoisotopic (exact) mass is 658 g/mol. The van der Waals surface area contributed by atoms with Crippen LogP contribution in [-0.2, 0) is 12.8 Å². The molecule has 3 N–H and O–H groups in total. The Labute approximate surface area is 226 Å². The lowest BCUT2D eigenvalue weighted by Gasteiger charge is -2.31. The van der Waals surface area contributed by atoms with Crippen LogP contribution in [0.25, 0.3) is 0 Å². The van der Waals surface area contributed by atoms with Crippen LogP contribution in [0.5, 0.6) is 0 Å². The van der Waals surface area contributed by atoms with Gasteiger partial charge in [0.05, 0.1) is 11.4 Å². The molecule has 1 saturated carbocycles. The molecule has 0 bridgehead atoms. The molecule has 6 nitrogen and oxygen atoms in total. The van der Waals surface area contributed by atoms with Crippen molar-refractivity contribution in [1.29, 1.82) is 0 Å². The summed E-state index contributed by atoms with van der Waals surface area (Å²) in [6.45, 7) is 0. The average Bonchev–Trinajstić information content (AvgIpc) is 2.77. The van der Waals surface area contributed by atoms with Crippen molar-refractivity contribution in [3.05, 3.63) is 36.8 Å². The predicted molar refractivity (Wildman–Crippen MR) is 152 cm³/mol. The van der Waals surface area contributed by atoms with E-state index < -0.39 is 0 Å². The zero-order chi connectivity index (χ0) is 23.5. The Kier molecular flexibility index (Phi) is 8.51. The minimum absolute atomic E-state index is 0.359. The number of hydrogen-bond acceptors (Lipinski definition) is 5. The Balaban J connectivity index is 1.31. The Morgan fingerprint density at radius 1 is 0.970 bits per heavy atom. The maximum absolute atomic E-state index is 5.58. The standard InChI is InChI=1S/C23H29Br3N6S/c1-32(2)21-16-5-3-4-6-19(16)29-22(31-21)27-14-7-9-15(10-8-14)28-23(33)30-20-17(25)11-13(24)12-18(20)26/h11-12,14-15H,3-10H2,1-2H3,(H,27,29,31)(H2,28,30,33). The van der Waals surface area contributed by atoms with Crippen molar-refractivity contribution in [1.82, 2.24) is 15.3 Å². The van der Waals surface area contributed by atoms with Crippen LogP contribution in [-0.4, -0.2) is 41.3 Å². The zero-order valence-corrected chi connectivity index (χ0v) is 24.4. The lowest BCUT2D eigenvalue weighted by molar-refractivity contribution is 0.387. The summed E-state index contributed by atoms with van der Waals surface area (Å²) in [5.41, 5.74) is 3.47. The molecule has 2 aromatic rings.